The van der Waals surface area contributed by atoms with Crippen LogP contribution in [0.1, 0.15) is 19.3 Å². The number of thiophene rings is 1. The molecule has 2 aliphatic heterocycles. The maximum Gasteiger partial charge on any atom is 0.252 e. The van der Waals surface area contributed by atoms with Crippen LogP contribution in [0, 0.1) is 0 Å². The Bertz CT molecular complexity index is 742. The Hall–Kier alpha value is -1.49. The predicted molar refractivity (Wildman–Crippen MR) is 98.1 cm³/mol. The first kappa shape index (κ1) is 19.3. The second-order valence-corrected chi connectivity index (χ2v) is 9.73. The molecule has 26 heavy (non-hydrogen) atoms. The Kier molecular flexibility index (Phi) is 5.96. The lowest BCUT2D eigenvalue weighted by atomic mass is 10.0. The molecule has 8 nitrogen and oxygen atoms in total. The van der Waals surface area contributed by atoms with Gasteiger partial charge in [-0.15, -0.1) is 11.3 Å². The number of piperidine rings is 1. The molecule has 0 saturated carbocycles. The Morgan fingerprint density at radius 3 is 2.50 bits per heavy atom. The highest BCUT2D eigenvalue weighted by molar-refractivity contribution is 7.91. The molecule has 0 aromatic carbocycles. The van der Waals surface area contributed by atoms with Crippen LogP contribution in [0.3, 0.4) is 0 Å². The van der Waals surface area contributed by atoms with Crippen LogP contribution in [0.2, 0.25) is 0 Å². The van der Waals surface area contributed by atoms with E-state index >= 15 is 0 Å². The normalized spacial score (nSPS) is 23.1. The first-order chi connectivity index (χ1) is 12.4. The number of amides is 2. The first-order valence-electron chi connectivity index (χ1n) is 8.74. The molecule has 1 atom stereocenters. The second kappa shape index (κ2) is 8.03. The summed E-state index contributed by atoms with van der Waals surface area (Å²) in [6.07, 6.45) is 2.40. The molecule has 0 unspecified atom stereocenters. The minimum atomic E-state index is -3.44. The van der Waals surface area contributed by atoms with Crippen LogP contribution in [0.4, 0.5) is 0 Å². The number of nitrogens with zero attached hydrogens (tertiary/aromatic N) is 3. The summed E-state index contributed by atoms with van der Waals surface area (Å²) in [5, 5.41) is 1.75. The van der Waals surface area contributed by atoms with Crippen molar-refractivity contribution >= 4 is 33.2 Å². The lowest BCUT2D eigenvalue weighted by Gasteiger charge is -2.37. The Morgan fingerprint density at radius 1 is 1.15 bits per heavy atom. The molecule has 1 aromatic heterocycles. The van der Waals surface area contributed by atoms with Crippen LogP contribution < -0.4 is 5.73 Å². The fourth-order valence-electron chi connectivity index (χ4n) is 3.47. The van der Waals surface area contributed by atoms with Gasteiger partial charge in [0.1, 0.15) is 10.3 Å². The lowest BCUT2D eigenvalue weighted by molar-refractivity contribution is -0.142. The van der Waals surface area contributed by atoms with Crippen molar-refractivity contribution in [1.29, 1.82) is 0 Å². The molecule has 0 spiro atoms. The van der Waals surface area contributed by atoms with E-state index in [0.29, 0.717) is 43.4 Å². The molecule has 144 valence electrons. The maximum atomic E-state index is 12.6. The second-order valence-electron chi connectivity index (χ2n) is 6.61. The SMILES string of the molecule is NC(=O)[C@H]1CCCCN1C(=O)CN1CCN(S(=O)(=O)c2cccs2)CC1. The average Bonchev–Trinajstić information content (AvgIpc) is 3.17. The Morgan fingerprint density at radius 2 is 1.88 bits per heavy atom. The number of primary amides is 1. The number of carbonyl (C=O) groups is 2. The van der Waals surface area contributed by atoms with Crippen molar-refractivity contribution in [2.75, 3.05) is 39.3 Å². The topological polar surface area (TPSA) is 104 Å². The number of sulfonamides is 1. The third-order valence-electron chi connectivity index (χ3n) is 4.93. The summed E-state index contributed by atoms with van der Waals surface area (Å²) in [5.41, 5.74) is 5.42. The number of piperazine rings is 1. The van der Waals surface area contributed by atoms with E-state index in [1.54, 1.807) is 22.4 Å². The molecule has 3 heterocycles. The van der Waals surface area contributed by atoms with Gasteiger partial charge in [-0.05, 0) is 30.7 Å². The standard InChI is InChI=1S/C16H24N4O4S2/c17-16(22)13-4-1-2-6-20(13)14(21)12-18-7-9-19(10-8-18)26(23,24)15-5-3-11-25-15/h3,5,11,13H,1-2,4,6-10,12H2,(H2,17,22)/t13-/m1/s1. The molecule has 3 rings (SSSR count). The quantitative estimate of drug-likeness (QED) is 0.745. The minimum absolute atomic E-state index is 0.108. The van der Waals surface area contributed by atoms with Gasteiger partial charge >= 0.3 is 0 Å². The van der Waals surface area contributed by atoms with Gasteiger partial charge in [-0.3, -0.25) is 14.5 Å². The molecular weight excluding hydrogens is 376 g/mol. The van der Waals surface area contributed by atoms with E-state index in [1.165, 1.54) is 15.6 Å². The van der Waals surface area contributed by atoms with Crippen molar-refractivity contribution in [2.45, 2.75) is 29.5 Å². The lowest BCUT2D eigenvalue weighted by Crippen LogP contribution is -2.55. The molecule has 2 fully saturated rings. The van der Waals surface area contributed by atoms with E-state index in [4.69, 9.17) is 5.73 Å². The zero-order valence-electron chi connectivity index (χ0n) is 14.5. The Balaban J connectivity index is 1.55. The van der Waals surface area contributed by atoms with Crippen molar-refractivity contribution in [3.8, 4) is 0 Å². The molecule has 1 aromatic rings. The van der Waals surface area contributed by atoms with Crippen LogP contribution in [0.15, 0.2) is 21.7 Å². The smallest absolute Gasteiger partial charge is 0.252 e. The monoisotopic (exact) mass is 400 g/mol. The van der Waals surface area contributed by atoms with Gasteiger partial charge in [-0.2, -0.15) is 4.31 Å². The molecule has 2 N–H and O–H groups in total. The maximum absolute atomic E-state index is 12.6. The van der Waals surface area contributed by atoms with E-state index in [2.05, 4.69) is 0 Å². The first-order valence-corrected chi connectivity index (χ1v) is 11.1. The van der Waals surface area contributed by atoms with Crippen molar-refractivity contribution in [3.63, 3.8) is 0 Å². The summed E-state index contributed by atoms with van der Waals surface area (Å²) in [4.78, 5) is 27.7. The summed E-state index contributed by atoms with van der Waals surface area (Å²) in [6, 6.07) is 2.81. The third-order valence-corrected chi connectivity index (χ3v) is 8.20. The van der Waals surface area contributed by atoms with E-state index in [1.807, 2.05) is 4.90 Å². The summed E-state index contributed by atoms with van der Waals surface area (Å²) in [7, 11) is -3.44. The number of hydrogen-bond donors (Lipinski definition) is 1. The van der Waals surface area contributed by atoms with Gasteiger partial charge in [0.05, 0.1) is 6.54 Å². The summed E-state index contributed by atoms with van der Waals surface area (Å²) in [5.74, 6) is -0.562. The van der Waals surface area contributed by atoms with Crippen molar-refractivity contribution < 1.29 is 18.0 Å². The molecule has 0 bridgehead atoms. The van der Waals surface area contributed by atoms with Gasteiger partial charge in [0.25, 0.3) is 10.0 Å². The fourth-order valence-corrected chi connectivity index (χ4v) is 6.04. The van der Waals surface area contributed by atoms with Gasteiger partial charge in [0.15, 0.2) is 0 Å². The summed E-state index contributed by atoms with van der Waals surface area (Å²) >= 11 is 1.21. The number of carbonyl (C=O) groups excluding carboxylic acids is 2. The highest BCUT2D eigenvalue weighted by Crippen LogP contribution is 2.22. The van der Waals surface area contributed by atoms with Crippen LogP contribution in [0.5, 0.6) is 0 Å². The van der Waals surface area contributed by atoms with Crippen molar-refractivity contribution in [2.24, 2.45) is 5.73 Å². The average molecular weight is 401 g/mol. The predicted octanol–water partition coefficient (Wildman–Crippen LogP) is -0.0792. The fraction of sp³-hybridized carbons (Fsp3) is 0.625. The number of hydrogen-bond acceptors (Lipinski definition) is 6. The van der Waals surface area contributed by atoms with Crippen LogP contribution >= 0.6 is 11.3 Å². The van der Waals surface area contributed by atoms with Gasteiger partial charge < -0.3 is 10.6 Å². The number of likely N-dealkylation sites (tertiary alicyclic amines) is 1. The molecule has 10 heteroatoms. The Labute approximate surface area is 157 Å². The highest BCUT2D eigenvalue weighted by Gasteiger charge is 2.33. The van der Waals surface area contributed by atoms with Gasteiger partial charge in [0, 0.05) is 32.7 Å². The summed E-state index contributed by atoms with van der Waals surface area (Å²) < 4.78 is 26.9. The largest absolute Gasteiger partial charge is 0.368 e. The third kappa shape index (κ3) is 4.08. The molecule has 2 amide bonds. The molecule has 2 saturated heterocycles. The zero-order chi connectivity index (χ0) is 18.7. The van der Waals surface area contributed by atoms with Gasteiger partial charge in [-0.1, -0.05) is 6.07 Å². The molecule has 2 aliphatic rings. The number of rotatable bonds is 5. The molecular formula is C16H24N4O4S2. The van der Waals surface area contributed by atoms with Crippen molar-refractivity contribution in [3.05, 3.63) is 17.5 Å². The minimum Gasteiger partial charge on any atom is -0.368 e. The van der Waals surface area contributed by atoms with Gasteiger partial charge in [-0.25, -0.2) is 8.42 Å². The van der Waals surface area contributed by atoms with Gasteiger partial charge in [0.2, 0.25) is 11.8 Å². The highest BCUT2D eigenvalue weighted by atomic mass is 32.2. The van der Waals surface area contributed by atoms with Crippen LogP contribution in [0.25, 0.3) is 0 Å². The molecule has 0 radical (unpaired) electrons. The van der Waals surface area contributed by atoms with E-state index in [-0.39, 0.29) is 12.5 Å². The molecule has 0 aliphatic carbocycles. The zero-order valence-corrected chi connectivity index (χ0v) is 16.2. The number of nitrogens with two attached hydrogens (primary N) is 1. The van der Waals surface area contributed by atoms with E-state index < -0.39 is 22.0 Å². The van der Waals surface area contributed by atoms with E-state index in [9.17, 15) is 18.0 Å². The summed E-state index contributed by atoms with van der Waals surface area (Å²) in [6.45, 7) is 2.44. The van der Waals surface area contributed by atoms with E-state index in [0.717, 1.165) is 12.8 Å². The van der Waals surface area contributed by atoms with Crippen molar-refractivity contribution in [1.82, 2.24) is 14.1 Å². The van der Waals surface area contributed by atoms with Crippen LogP contribution in [-0.4, -0.2) is 79.6 Å². The van der Waals surface area contributed by atoms with Crippen LogP contribution in [-0.2, 0) is 19.6 Å².